The number of hydrogen-bond acceptors (Lipinski definition) is 3. The van der Waals surface area contributed by atoms with E-state index in [-0.39, 0.29) is 0 Å². The second-order valence-electron chi connectivity index (χ2n) is 4.67. The van der Waals surface area contributed by atoms with Crippen molar-refractivity contribution in [2.75, 3.05) is 19.6 Å². The van der Waals surface area contributed by atoms with Crippen LogP contribution in [0.25, 0.3) is 0 Å². The molecule has 1 aromatic carbocycles. The van der Waals surface area contributed by atoms with E-state index in [1.165, 1.54) is 4.31 Å². The third kappa shape index (κ3) is 3.81. The van der Waals surface area contributed by atoms with Crippen molar-refractivity contribution in [1.29, 1.82) is 0 Å². The molecule has 0 bridgehead atoms. The minimum Gasteiger partial charge on any atom is -0.313 e. The molecule has 1 aromatic rings. The molecule has 0 saturated heterocycles. The van der Waals surface area contributed by atoms with Gasteiger partial charge in [0.2, 0.25) is 10.0 Å². The molecule has 0 fully saturated rings. The van der Waals surface area contributed by atoms with Crippen molar-refractivity contribution in [2.24, 2.45) is 0 Å². The van der Waals surface area contributed by atoms with E-state index in [0.29, 0.717) is 24.5 Å². The van der Waals surface area contributed by atoms with Crippen LogP contribution in [-0.2, 0) is 23.0 Å². The maximum Gasteiger partial charge on any atom is 0.243 e. The monoisotopic (exact) mass is 298 g/mol. The standard InChI is InChI=1S/C15H26N2O2S/c1-5-14-10-9-13(12-16-6-2)11-15(14)20(18,19)17(7-3)8-4/h9-11,16H,5-8,12H2,1-4H3. The van der Waals surface area contributed by atoms with E-state index in [9.17, 15) is 8.42 Å². The van der Waals surface area contributed by atoms with Gasteiger partial charge in [0.05, 0.1) is 4.90 Å². The maximum atomic E-state index is 12.7. The first kappa shape index (κ1) is 17.1. The van der Waals surface area contributed by atoms with Crippen LogP contribution in [0.4, 0.5) is 0 Å². The summed E-state index contributed by atoms with van der Waals surface area (Å²) in [6.07, 6.45) is 0.720. The van der Waals surface area contributed by atoms with E-state index in [2.05, 4.69) is 5.32 Å². The van der Waals surface area contributed by atoms with E-state index in [0.717, 1.165) is 24.1 Å². The summed E-state index contributed by atoms with van der Waals surface area (Å²) >= 11 is 0. The topological polar surface area (TPSA) is 49.4 Å². The Labute approximate surface area is 123 Å². The zero-order valence-corrected chi connectivity index (χ0v) is 13.8. The highest BCUT2D eigenvalue weighted by Crippen LogP contribution is 2.22. The summed E-state index contributed by atoms with van der Waals surface area (Å²) in [6, 6.07) is 5.75. The molecule has 0 heterocycles. The summed E-state index contributed by atoms with van der Waals surface area (Å²) in [5.74, 6) is 0. The normalized spacial score (nSPS) is 12.1. The van der Waals surface area contributed by atoms with Crippen LogP contribution in [0.5, 0.6) is 0 Å². The SMILES string of the molecule is CCNCc1ccc(CC)c(S(=O)(=O)N(CC)CC)c1. The lowest BCUT2D eigenvalue weighted by Gasteiger charge is -2.21. The molecule has 4 nitrogen and oxygen atoms in total. The van der Waals surface area contributed by atoms with Gasteiger partial charge in [-0.2, -0.15) is 4.31 Å². The molecule has 1 N–H and O–H groups in total. The quantitative estimate of drug-likeness (QED) is 0.801. The van der Waals surface area contributed by atoms with Gasteiger partial charge in [0.25, 0.3) is 0 Å². The average Bonchev–Trinajstić information content (AvgIpc) is 2.45. The van der Waals surface area contributed by atoms with Crippen molar-refractivity contribution in [3.8, 4) is 0 Å². The molecule has 5 heteroatoms. The van der Waals surface area contributed by atoms with Gasteiger partial charge in [0, 0.05) is 19.6 Å². The Kier molecular flexibility index (Phi) is 6.65. The maximum absolute atomic E-state index is 12.7. The van der Waals surface area contributed by atoms with Crippen LogP contribution >= 0.6 is 0 Å². The number of nitrogens with one attached hydrogen (secondary N) is 1. The largest absolute Gasteiger partial charge is 0.313 e. The second kappa shape index (κ2) is 7.76. The Hall–Kier alpha value is -0.910. The van der Waals surface area contributed by atoms with Gasteiger partial charge < -0.3 is 5.32 Å². The van der Waals surface area contributed by atoms with Crippen LogP contribution in [-0.4, -0.2) is 32.4 Å². The second-order valence-corrected chi connectivity index (χ2v) is 6.57. The van der Waals surface area contributed by atoms with Gasteiger partial charge in [0.1, 0.15) is 0 Å². The Morgan fingerprint density at radius 1 is 1.10 bits per heavy atom. The van der Waals surface area contributed by atoms with Gasteiger partial charge >= 0.3 is 0 Å². The smallest absolute Gasteiger partial charge is 0.243 e. The van der Waals surface area contributed by atoms with Gasteiger partial charge in [-0.3, -0.25) is 0 Å². The van der Waals surface area contributed by atoms with Crippen molar-refractivity contribution < 1.29 is 8.42 Å². The zero-order chi connectivity index (χ0) is 15.2. The highest BCUT2D eigenvalue weighted by Gasteiger charge is 2.24. The van der Waals surface area contributed by atoms with Gasteiger partial charge in [-0.05, 0) is 30.2 Å². The molecule has 0 spiro atoms. The number of aryl methyl sites for hydroxylation is 1. The minimum absolute atomic E-state index is 0.458. The molecule has 0 aliphatic heterocycles. The first-order chi connectivity index (χ1) is 9.51. The Balaban J connectivity index is 3.25. The first-order valence-electron chi connectivity index (χ1n) is 7.33. The number of sulfonamides is 1. The van der Waals surface area contributed by atoms with Gasteiger partial charge in [-0.25, -0.2) is 8.42 Å². The van der Waals surface area contributed by atoms with Crippen molar-refractivity contribution in [1.82, 2.24) is 9.62 Å². The first-order valence-corrected chi connectivity index (χ1v) is 8.77. The molecule has 0 radical (unpaired) electrons. The number of nitrogens with zero attached hydrogens (tertiary/aromatic N) is 1. The van der Waals surface area contributed by atoms with Crippen LogP contribution in [0.1, 0.15) is 38.8 Å². The molecule has 0 amide bonds. The van der Waals surface area contributed by atoms with E-state index in [4.69, 9.17) is 0 Å². The highest BCUT2D eigenvalue weighted by atomic mass is 32.2. The Bertz CT molecular complexity index is 523. The van der Waals surface area contributed by atoms with Crippen LogP contribution in [0.2, 0.25) is 0 Å². The van der Waals surface area contributed by atoms with Crippen molar-refractivity contribution in [3.05, 3.63) is 29.3 Å². The molecular weight excluding hydrogens is 272 g/mol. The third-order valence-corrected chi connectivity index (χ3v) is 5.55. The van der Waals surface area contributed by atoms with Gasteiger partial charge in [-0.15, -0.1) is 0 Å². The molecule has 0 aromatic heterocycles. The lowest BCUT2D eigenvalue weighted by atomic mass is 10.1. The lowest BCUT2D eigenvalue weighted by molar-refractivity contribution is 0.444. The lowest BCUT2D eigenvalue weighted by Crippen LogP contribution is -2.31. The fourth-order valence-corrected chi connectivity index (χ4v) is 4.02. The number of hydrogen-bond donors (Lipinski definition) is 1. The molecule has 20 heavy (non-hydrogen) atoms. The highest BCUT2D eigenvalue weighted by molar-refractivity contribution is 7.89. The number of rotatable bonds is 8. The van der Waals surface area contributed by atoms with Crippen LogP contribution in [0, 0.1) is 0 Å². The van der Waals surface area contributed by atoms with E-state index < -0.39 is 10.0 Å². The number of benzene rings is 1. The zero-order valence-electron chi connectivity index (χ0n) is 12.9. The van der Waals surface area contributed by atoms with E-state index in [1.807, 2.05) is 45.9 Å². The summed E-state index contributed by atoms with van der Waals surface area (Å²) in [6.45, 7) is 10.3. The fraction of sp³-hybridized carbons (Fsp3) is 0.600. The molecule has 114 valence electrons. The summed E-state index contributed by atoms with van der Waals surface area (Å²) in [5, 5.41) is 3.23. The third-order valence-electron chi connectivity index (χ3n) is 3.41. The minimum atomic E-state index is -3.39. The van der Waals surface area contributed by atoms with Crippen LogP contribution in [0.3, 0.4) is 0 Å². The van der Waals surface area contributed by atoms with E-state index in [1.54, 1.807) is 0 Å². The predicted octanol–water partition coefficient (Wildman–Crippen LogP) is 2.39. The van der Waals surface area contributed by atoms with Crippen LogP contribution in [0.15, 0.2) is 23.1 Å². The Morgan fingerprint density at radius 3 is 2.25 bits per heavy atom. The molecule has 0 unspecified atom stereocenters. The van der Waals surface area contributed by atoms with Crippen molar-refractivity contribution >= 4 is 10.0 Å². The van der Waals surface area contributed by atoms with E-state index >= 15 is 0 Å². The molecule has 0 saturated carbocycles. The Morgan fingerprint density at radius 2 is 1.75 bits per heavy atom. The van der Waals surface area contributed by atoms with Crippen molar-refractivity contribution in [3.63, 3.8) is 0 Å². The molecule has 0 aliphatic carbocycles. The summed E-state index contributed by atoms with van der Waals surface area (Å²) in [7, 11) is -3.39. The van der Waals surface area contributed by atoms with Gasteiger partial charge in [0.15, 0.2) is 0 Å². The predicted molar refractivity (Wildman–Crippen MR) is 83.3 cm³/mol. The fourth-order valence-electron chi connectivity index (χ4n) is 2.21. The van der Waals surface area contributed by atoms with Gasteiger partial charge in [-0.1, -0.05) is 39.8 Å². The average molecular weight is 298 g/mol. The van der Waals surface area contributed by atoms with Crippen molar-refractivity contribution in [2.45, 2.75) is 45.6 Å². The summed E-state index contributed by atoms with van der Waals surface area (Å²) < 4.78 is 26.9. The van der Waals surface area contributed by atoms with Crippen LogP contribution < -0.4 is 5.32 Å². The molecule has 1 rings (SSSR count). The summed E-state index contributed by atoms with van der Waals surface area (Å²) in [4.78, 5) is 0.458. The molecular formula is C15H26N2O2S. The molecule has 0 aliphatic rings. The summed E-state index contributed by atoms with van der Waals surface area (Å²) in [5.41, 5.74) is 1.90. The molecule has 0 atom stereocenters.